The minimum Gasteiger partial charge on any atom is -0.481 e. The molecule has 0 radical (unpaired) electrons. The second kappa shape index (κ2) is 4.74. The Balaban J connectivity index is 2.10. The fraction of sp³-hybridized carbons (Fsp3) is 0.333. The van der Waals surface area contributed by atoms with E-state index in [-0.39, 0.29) is 5.82 Å². The van der Waals surface area contributed by atoms with Crippen molar-refractivity contribution in [2.45, 2.75) is 32.2 Å². The molecular weight excluding hydrogens is 259 g/mol. The van der Waals surface area contributed by atoms with Gasteiger partial charge in [0.1, 0.15) is 17.6 Å². The lowest BCUT2D eigenvalue weighted by molar-refractivity contribution is -0.139. The lowest BCUT2D eigenvalue weighted by atomic mass is 9.99. The van der Waals surface area contributed by atoms with E-state index in [9.17, 15) is 14.3 Å². The van der Waals surface area contributed by atoms with E-state index < -0.39 is 11.9 Å². The van der Waals surface area contributed by atoms with E-state index in [1.807, 2.05) is 11.5 Å². The van der Waals surface area contributed by atoms with Gasteiger partial charge in [-0.15, -0.1) is 0 Å². The van der Waals surface area contributed by atoms with E-state index in [1.54, 1.807) is 12.1 Å². The number of hydrogen-bond donors (Lipinski definition) is 1. The molecule has 0 aliphatic carbocycles. The van der Waals surface area contributed by atoms with Gasteiger partial charge in [-0.2, -0.15) is 0 Å². The third kappa shape index (κ3) is 1.99. The average molecular weight is 274 g/mol. The number of aliphatic carboxylic acids is 1. The van der Waals surface area contributed by atoms with Crippen molar-refractivity contribution in [2.75, 3.05) is 0 Å². The summed E-state index contributed by atoms with van der Waals surface area (Å²) in [5, 5.41) is 9.29. The van der Waals surface area contributed by atoms with Crippen LogP contribution in [0, 0.1) is 12.7 Å². The number of carbonyl (C=O) groups is 1. The van der Waals surface area contributed by atoms with E-state index in [2.05, 4.69) is 4.98 Å². The normalized spacial score (nSPS) is 17.8. The molecule has 1 N–H and O–H groups in total. The molecule has 1 aromatic carbocycles. The highest BCUT2D eigenvalue weighted by Gasteiger charge is 2.30. The molecular formula is C15H15FN2O2. The molecule has 20 heavy (non-hydrogen) atoms. The minimum absolute atomic E-state index is 0.293. The van der Waals surface area contributed by atoms with Crippen molar-refractivity contribution < 1.29 is 14.3 Å². The number of benzene rings is 1. The molecule has 104 valence electrons. The molecule has 1 aliphatic rings. The number of rotatable bonds is 2. The number of fused-ring (bicyclic) bond motifs is 1. The molecule has 2 aromatic rings. The van der Waals surface area contributed by atoms with Crippen LogP contribution in [0.5, 0.6) is 0 Å². The van der Waals surface area contributed by atoms with E-state index in [0.29, 0.717) is 12.2 Å². The summed E-state index contributed by atoms with van der Waals surface area (Å²) in [6, 6.07) is 6.13. The van der Waals surface area contributed by atoms with Crippen molar-refractivity contribution in [1.82, 2.24) is 9.55 Å². The smallest absolute Gasteiger partial charge is 0.314 e. The van der Waals surface area contributed by atoms with Gasteiger partial charge in [0.05, 0.1) is 5.69 Å². The average Bonchev–Trinajstić information content (AvgIpc) is 2.77. The number of halogens is 1. The predicted molar refractivity (Wildman–Crippen MR) is 72.0 cm³/mol. The van der Waals surface area contributed by atoms with Crippen molar-refractivity contribution in [3.63, 3.8) is 0 Å². The van der Waals surface area contributed by atoms with Crippen LogP contribution < -0.4 is 0 Å². The monoisotopic (exact) mass is 274 g/mol. The zero-order valence-electron chi connectivity index (χ0n) is 11.1. The number of carboxylic acid groups (broad SMARTS) is 1. The minimum atomic E-state index is -0.832. The molecule has 0 spiro atoms. The Morgan fingerprint density at radius 3 is 2.75 bits per heavy atom. The molecule has 0 bridgehead atoms. The maximum absolute atomic E-state index is 13.0. The number of aromatic nitrogens is 2. The lowest BCUT2D eigenvalue weighted by Gasteiger charge is -2.20. The Labute approximate surface area is 115 Å². The standard InChI is InChI=1S/C15H15FN2O2/c1-9-13(10-4-6-11(16)7-5-10)17-14-12(15(19)20)3-2-8-18(9)14/h4-7,12H,2-3,8H2,1H3,(H,19,20). The molecule has 1 aliphatic heterocycles. The molecule has 1 aromatic heterocycles. The number of carboxylic acids is 1. The van der Waals surface area contributed by atoms with Gasteiger partial charge in [-0.25, -0.2) is 9.37 Å². The first kappa shape index (κ1) is 12.8. The first-order chi connectivity index (χ1) is 9.58. The first-order valence-electron chi connectivity index (χ1n) is 6.63. The zero-order chi connectivity index (χ0) is 14.3. The Kier molecular flexibility index (Phi) is 3.04. The topological polar surface area (TPSA) is 55.1 Å². The van der Waals surface area contributed by atoms with E-state index in [4.69, 9.17) is 0 Å². The van der Waals surface area contributed by atoms with Gasteiger partial charge in [0.2, 0.25) is 0 Å². The van der Waals surface area contributed by atoms with Gasteiger partial charge < -0.3 is 9.67 Å². The summed E-state index contributed by atoms with van der Waals surface area (Å²) in [5.74, 6) is -1.06. The van der Waals surface area contributed by atoms with Crippen LogP contribution in [0.15, 0.2) is 24.3 Å². The Morgan fingerprint density at radius 2 is 2.10 bits per heavy atom. The fourth-order valence-electron chi connectivity index (χ4n) is 2.80. The summed E-state index contributed by atoms with van der Waals surface area (Å²) >= 11 is 0. The highest BCUT2D eigenvalue weighted by atomic mass is 19.1. The molecule has 0 saturated heterocycles. The van der Waals surface area contributed by atoms with Gasteiger partial charge >= 0.3 is 5.97 Å². The van der Waals surface area contributed by atoms with Gasteiger partial charge in [0.15, 0.2) is 0 Å². The fourth-order valence-corrected chi connectivity index (χ4v) is 2.80. The van der Waals surface area contributed by atoms with Crippen LogP contribution in [0.4, 0.5) is 4.39 Å². The summed E-state index contributed by atoms with van der Waals surface area (Å²) in [4.78, 5) is 15.8. The van der Waals surface area contributed by atoms with Gasteiger partial charge in [-0.3, -0.25) is 4.79 Å². The van der Waals surface area contributed by atoms with Crippen molar-refractivity contribution in [3.8, 4) is 11.3 Å². The second-order valence-corrected chi connectivity index (χ2v) is 5.10. The summed E-state index contributed by atoms with van der Waals surface area (Å²) in [6.45, 7) is 2.72. The van der Waals surface area contributed by atoms with Gasteiger partial charge in [0, 0.05) is 17.8 Å². The zero-order valence-corrected chi connectivity index (χ0v) is 11.1. The van der Waals surface area contributed by atoms with Crippen LogP contribution in [0.1, 0.15) is 30.3 Å². The van der Waals surface area contributed by atoms with Crippen molar-refractivity contribution >= 4 is 5.97 Å². The highest BCUT2D eigenvalue weighted by molar-refractivity contribution is 5.76. The Hall–Kier alpha value is -2.17. The Morgan fingerprint density at radius 1 is 1.40 bits per heavy atom. The van der Waals surface area contributed by atoms with Crippen LogP contribution in [0.3, 0.4) is 0 Å². The van der Waals surface area contributed by atoms with E-state index in [1.165, 1.54) is 12.1 Å². The summed E-state index contributed by atoms with van der Waals surface area (Å²) in [5.41, 5.74) is 2.50. The van der Waals surface area contributed by atoms with Crippen molar-refractivity contribution in [3.05, 3.63) is 41.6 Å². The van der Waals surface area contributed by atoms with Gasteiger partial charge in [-0.1, -0.05) is 0 Å². The molecule has 1 atom stereocenters. The summed E-state index contributed by atoms with van der Waals surface area (Å²) in [7, 11) is 0. The number of imidazole rings is 1. The maximum atomic E-state index is 13.0. The lowest BCUT2D eigenvalue weighted by Crippen LogP contribution is -2.22. The number of hydrogen-bond acceptors (Lipinski definition) is 2. The summed E-state index contributed by atoms with van der Waals surface area (Å²) in [6.07, 6.45) is 1.46. The maximum Gasteiger partial charge on any atom is 0.314 e. The number of nitrogens with zero attached hydrogens (tertiary/aromatic N) is 2. The largest absolute Gasteiger partial charge is 0.481 e. The van der Waals surface area contributed by atoms with Gasteiger partial charge in [-0.05, 0) is 44.0 Å². The van der Waals surface area contributed by atoms with Crippen LogP contribution in [-0.2, 0) is 11.3 Å². The quantitative estimate of drug-likeness (QED) is 0.916. The molecule has 0 amide bonds. The van der Waals surface area contributed by atoms with Gasteiger partial charge in [0.25, 0.3) is 0 Å². The molecule has 3 rings (SSSR count). The van der Waals surface area contributed by atoms with Crippen LogP contribution in [0.25, 0.3) is 11.3 Å². The Bertz CT molecular complexity index is 661. The first-order valence-corrected chi connectivity index (χ1v) is 6.63. The van der Waals surface area contributed by atoms with Crippen LogP contribution >= 0.6 is 0 Å². The predicted octanol–water partition coefficient (Wildman–Crippen LogP) is 2.96. The highest BCUT2D eigenvalue weighted by Crippen LogP contribution is 2.33. The SMILES string of the molecule is Cc1c(-c2ccc(F)cc2)nc2n1CCCC2C(=O)O. The molecule has 1 unspecified atom stereocenters. The van der Waals surface area contributed by atoms with Crippen LogP contribution in [-0.4, -0.2) is 20.6 Å². The van der Waals surface area contributed by atoms with E-state index >= 15 is 0 Å². The second-order valence-electron chi connectivity index (χ2n) is 5.10. The third-order valence-electron chi connectivity index (χ3n) is 3.85. The molecule has 5 heteroatoms. The van der Waals surface area contributed by atoms with Crippen LogP contribution in [0.2, 0.25) is 0 Å². The van der Waals surface area contributed by atoms with Crippen molar-refractivity contribution in [2.24, 2.45) is 0 Å². The summed E-state index contributed by atoms with van der Waals surface area (Å²) < 4.78 is 15.0. The molecule has 4 nitrogen and oxygen atoms in total. The molecule has 2 heterocycles. The molecule has 0 fully saturated rings. The van der Waals surface area contributed by atoms with E-state index in [0.717, 1.165) is 29.9 Å². The van der Waals surface area contributed by atoms with Crippen molar-refractivity contribution in [1.29, 1.82) is 0 Å². The third-order valence-corrected chi connectivity index (χ3v) is 3.85. The molecule has 0 saturated carbocycles.